The number of hydrogen-bond donors (Lipinski definition) is 2. The van der Waals surface area contributed by atoms with Crippen LogP contribution >= 0.6 is 0 Å². The van der Waals surface area contributed by atoms with Crippen molar-refractivity contribution in [3.8, 4) is 11.5 Å². The molecule has 2 rings (SSSR count). The van der Waals surface area contributed by atoms with Gasteiger partial charge in [0.15, 0.2) is 5.96 Å². The van der Waals surface area contributed by atoms with E-state index < -0.39 is 0 Å². The summed E-state index contributed by atoms with van der Waals surface area (Å²) in [5.41, 5.74) is 8.09. The van der Waals surface area contributed by atoms with Gasteiger partial charge in [-0.2, -0.15) is 0 Å². The maximum absolute atomic E-state index is 6.15. The highest BCUT2D eigenvalue weighted by Gasteiger charge is 2.14. The Labute approximate surface area is 162 Å². The van der Waals surface area contributed by atoms with Gasteiger partial charge in [0.05, 0.1) is 31.5 Å². The summed E-state index contributed by atoms with van der Waals surface area (Å²) >= 11 is 0. The third-order valence-corrected chi connectivity index (χ3v) is 4.07. The van der Waals surface area contributed by atoms with E-state index in [1.54, 1.807) is 0 Å². The van der Waals surface area contributed by atoms with Crippen molar-refractivity contribution in [1.29, 1.82) is 0 Å². The van der Waals surface area contributed by atoms with Crippen LogP contribution in [0, 0.1) is 0 Å². The molecule has 0 fully saturated rings. The number of likely N-dealkylation sites (N-methyl/N-ethyl adjacent to an activating group) is 1. The summed E-state index contributed by atoms with van der Waals surface area (Å²) in [7, 11) is 4.07. The number of ether oxygens (including phenoxy) is 2. The van der Waals surface area contributed by atoms with Crippen LogP contribution in [0.15, 0.2) is 53.5 Å². The number of rotatable bonds is 9. The molecule has 1 atom stereocenters. The van der Waals surface area contributed by atoms with E-state index in [-0.39, 0.29) is 6.04 Å². The second-order valence-corrected chi connectivity index (χ2v) is 6.27. The minimum atomic E-state index is 0.146. The average Bonchev–Trinajstić information content (AvgIpc) is 2.65. The first kappa shape index (κ1) is 20.6. The number of nitrogens with zero attached hydrogens (tertiary/aromatic N) is 2. The Hall–Kier alpha value is -2.73. The molecule has 0 heterocycles. The van der Waals surface area contributed by atoms with Crippen molar-refractivity contribution in [2.24, 2.45) is 10.7 Å². The molecular formula is C21H30N4O2. The van der Waals surface area contributed by atoms with E-state index in [1.165, 1.54) is 5.56 Å². The van der Waals surface area contributed by atoms with Gasteiger partial charge < -0.3 is 25.4 Å². The van der Waals surface area contributed by atoms with Gasteiger partial charge in [-0.1, -0.05) is 30.3 Å². The van der Waals surface area contributed by atoms with Crippen LogP contribution in [0.4, 0.5) is 5.69 Å². The molecule has 3 N–H and O–H groups in total. The molecule has 6 heteroatoms. The van der Waals surface area contributed by atoms with Crippen LogP contribution < -0.4 is 20.5 Å². The fraction of sp³-hybridized carbons (Fsp3) is 0.381. The summed E-state index contributed by atoms with van der Waals surface area (Å²) in [6, 6.07) is 16.0. The fourth-order valence-electron chi connectivity index (χ4n) is 2.75. The Balaban J connectivity index is 2.14. The number of aliphatic imine (C=N–C) groups is 1. The van der Waals surface area contributed by atoms with Gasteiger partial charge in [-0.15, -0.1) is 0 Å². The van der Waals surface area contributed by atoms with Crippen molar-refractivity contribution in [2.75, 3.05) is 39.2 Å². The van der Waals surface area contributed by atoms with E-state index in [0.717, 1.165) is 11.4 Å². The van der Waals surface area contributed by atoms with Crippen molar-refractivity contribution in [1.82, 2.24) is 4.90 Å². The number of nitrogens with two attached hydrogens (primary N) is 1. The lowest BCUT2D eigenvalue weighted by Crippen LogP contribution is -2.27. The molecule has 1 unspecified atom stereocenters. The summed E-state index contributed by atoms with van der Waals surface area (Å²) in [5, 5.41) is 3.14. The molecule has 27 heavy (non-hydrogen) atoms. The van der Waals surface area contributed by atoms with E-state index in [2.05, 4.69) is 27.3 Å². The summed E-state index contributed by atoms with van der Waals surface area (Å²) in [6.07, 6.45) is 0. The highest BCUT2D eigenvalue weighted by Crippen LogP contribution is 2.29. The van der Waals surface area contributed by atoms with Crippen LogP contribution in [0.1, 0.15) is 25.5 Å². The third-order valence-electron chi connectivity index (χ3n) is 4.07. The van der Waals surface area contributed by atoms with E-state index in [0.29, 0.717) is 31.5 Å². The van der Waals surface area contributed by atoms with E-state index >= 15 is 0 Å². The minimum absolute atomic E-state index is 0.146. The molecule has 0 saturated carbocycles. The maximum Gasteiger partial charge on any atom is 0.193 e. The van der Waals surface area contributed by atoms with Crippen molar-refractivity contribution in [3.05, 3.63) is 54.1 Å². The largest absolute Gasteiger partial charge is 0.494 e. The van der Waals surface area contributed by atoms with Gasteiger partial charge in [0.25, 0.3) is 0 Å². The van der Waals surface area contributed by atoms with Gasteiger partial charge in [-0.3, -0.25) is 4.99 Å². The Morgan fingerprint density at radius 1 is 1.07 bits per heavy atom. The first-order valence-electron chi connectivity index (χ1n) is 9.23. The maximum atomic E-state index is 6.15. The lowest BCUT2D eigenvalue weighted by atomic mass is 10.1. The fourth-order valence-corrected chi connectivity index (χ4v) is 2.75. The number of hydrogen-bond acceptors (Lipinski definition) is 4. The number of anilines is 1. The molecule has 6 nitrogen and oxygen atoms in total. The molecule has 0 bridgehead atoms. The summed E-state index contributed by atoms with van der Waals surface area (Å²) in [4.78, 5) is 6.67. The van der Waals surface area contributed by atoms with Crippen LogP contribution in [-0.2, 0) is 0 Å². The lowest BCUT2D eigenvalue weighted by molar-refractivity contribution is 0.306. The van der Waals surface area contributed by atoms with E-state index in [9.17, 15) is 0 Å². The molecule has 0 radical (unpaired) electrons. The first-order chi connectivity index (χ1) is 13.0. The molecule has 0 spiro atoms. The van der Waals surface area contributed by atoms with E-state index in [1.807, 2.05) is 64.3 Å². The Morgan fingerprint density at radius 2 is 1.78 bits per heavy atom. The molecule has 0 aromatic heterocycles. The zero-order valence-corrected chi connectivity index (χ0v) is 16.6. The second-order valence-electron chi connectivity index (χ2n) is 6.27. The summed E-state index contributed by atoms with van der Waals surface area (Å²) in [6.45, 7) is 5.60. The van der Waals surface area contributed by atoms with Crippen LogP contribution in [0.25, 0.3) is 0 Å². The predicted octanol–water partition coefficient (Wildman–Crippen LogP) is 3.51. The zero-order chi connectivity index (χ0) is 19.6. The highest BCUT2D eigenvalue weighted by atomic mass is 16.5. The topological polar surface area (TPSA) is 72.1 Å². The van der Waals surface area contributed by atoms with E-state index in [4.69, 9.17) is 15.2 Å². The van der Waals surface area contributed by atoms with Gasteiger partial charge >= 0.3 is 0 Å². The smallest absolute Gasteiger partial charge is 0.193 e. The summed E-state index contributed by atoms with van der Waals surface area (Å²) in [5.74, 6) is 1.81. The Bertz CT molecular complexity index is 732. The Morgan fingerprint density at radius 3 is 2.41 bits per heavy atom. The average molecular weight is 370 g/mol. The van der Waals surface area contributed by atoms with Crippen molar-refractivity contribution < 1.29 is 9.47 Å². The predicted molar refractivity (Wildman–Crippen MR) is 112 cm³/mol. The number of guanidine groups is 1. The van der Waals surface area contributed by atoms with Crippen LogP contribution in [-0.4, -0.2) is 44.7 Å². The van der Waals surface area contributed by atoms with Gasteiger partial charge in [-0.25, -0.2) is 0 Å². The molecule has 0 aliphatic heterocycles. The molecule has 146 valence electrons. The van der Waals surface area contributed by atoms with Crippen molar-refractivity contribution >= 4 is 11.6 Å². The number of benzene rings is 2. The SMILES string of the molecule is CCOc1ccc(OCC)c(NC(N)=NCC(c2ccccc2)N(C)C)c1. The highest BCUT2D eigenvalue weighted by molar-refractivity contribution is 5.94. The monoisotopic (exact) mass is 370 g/mol. The standard InChI is InChI=1S/C21H30N4O2/c1-5-26-17-12-13-20(27-6-2)18(14-17)24-21(22)23-15-19(25(3)4)16-10-8-7-9-11-16/h7-14,19H,5-6,15H2,1-4H3,(H3,22,23,24). The summed E-state index contributed by atoms with van der Waals surface area (Å²) < 4.78 is 11.2. The molecule has 0 aliphatic rings. The van der Waals surface area contributed by atoms with Gasteiger partial charge in [0.1, 0.15) is 11.5 Å². The third kappa shape index (κ3) is 6.18. The quantitative estimate of drug-likeness (QED) is 0.522. The minimum Gasteiger partial charge on any atom is -0.494 e. The zero-order valence-electron chi connectivity index (χ0n) is 16.6. The normalized spacial score (nSPS) is 12.7. The molecule has 0 saturated heterocycles. The van der Waals surface area contributed by atoms with Gasteiger partial charge in [0.2, 0.25) is 0 Å². The van der Waals surface area contributed by atoms with Crippen LogP contribution in [0.3, 0.4) is 0 Å². The van der Waals surface area contributed by atoms with Crippen LogP contribution in [0.2, 0.25) is 0 Å². The van der Waals surface area contributed by atoms with Crippen molar-refractivity contribution in [3.63, 3.8) is 0 Å². The molecule has 0 amide bonds. The second kappa shape index (κ2) is 10.4. The Kier molecular flexibility index (Phi) is 7.95. The first-order valence-corrected chi connectivity index (χ1v) is 9.23. The van der Waals surface area contributed by atoms with Gasteiger partial charge in [0, 0.05) is 6.07 Å². The van der Waals surface area contributed by atoms with Crippen molar-refractivity contribution in [2.45, 2.75) is 19.9 Å². The molecule has 2 aromatic carbocycles. The van der Waals surface area contributed by atoms with Crippen LogP contribution in [0.5, 0.6) is 11.5 Å². The molecule has 0 aliphatic carbocycles. The molecule has 2 aromatic rings. The lowest BCUT2D eigenvalue weighted by Gasteiger charge is -2.23. The van der Waals surface area contributed by atoms with Gasteiger partial charge in [-0.05, 0) is 45.6 Å². The molecular weight excluding hydrogens is 340 g/mol. The number of nitrogens with one attached hydrogen (secondary N) is 1.